The number of rotatable bonds is 3. The van der Waals surface area contributed by atoms with Crippen LogP contribution >= 0.6 is 27.5 Å². The first-order valence-electron chi connectivity index (χ1n) is 5.21. The van der Waals surface area contributed by atoms with Gasteiger partial charge in [0.1, 0.15) is 0 Å². The van der Waals surface area contributed by atoms with Crippen LogP contribution in [0.5, 0.6) is 0 Å². The Morgan fingerprint density at radius 2 is 1.89 bits per heavy atom. The van der Waals surface area contributed by atoms with E-state index in [1.165, 1.54) is 0 Å². The molecule has 0 unspecified atom stereocenters. The van der Waals surface area contributed by atoms with E-state index in [0.29, 0.717) is 11.9 Å². The quantitative estimate of drug-likeness (QED) is 0.904. The highest BCUT2D eigenvalue weighted by molar-refractivity contribution is 9.10. The van der Waals surface area contributed by atoms with Gasteiger partial charge < -0.3 is 10.6 Å². The van der Waals surface area contributed by atoms with E-state index in [9.17, 15) is 0 Å². The molecule has 0 radical (unpaired) electrons. The molecule has 0 amide bonds. The Morgan fingerprint density at radius 1 is 1.17 bits per heavy atom. The summed E-state index contributed by atoms with van der Waals surface area (Å²) in [5.74, 6) is 0.825. The number of hydrogen-bond acceptors (Lipinski definition) is 5. The van der Waals surface area contributed by atoms with Crippen LogP contribution in [0.2, 0.25) is 5.28 Å². The zero-order chi connectivity index (χ0) is 13.1. The lowest BCUT2D eigenvalue weighted by Gasteiger charge is -2.09. The molecule has 0 fully saturated rings. The standard InChI is InChI=1S/C11H11BrClN5/c1-6-3-4-7(12)5-8(6)15-11-17-9(13)16-10(14-2)18-11/h3-5H,1-2H3,(H2,14,15,16,17,18). The molecule has 1 aromatic carbocycles. The fourth-order valence-electron chi connectivity index (χ4n) is 1.37. The Morgan fingerprint density at radius 3 is 2.61 bits per heavy atom. The lowest BCUT2D eigenvalue weighted by Crippen LogP contribution is -2.04. The highest BCUT2D eigenvalue weighted by Gasteiger charge is 2.06. The summed E-state index contributed by atoms with van der Waals surface area (Å²) < 4.78 is 0.976. The summed E-state index contributed by atoms with van der Waals surface area (Å²) in [5.41, 5.74) is 1.99. The Balaban J connectivity index is 2.33. The number of aromatic nitrogens is 3. The van der Waals surface area contributed by atoms with Crippen molar-refractivity contribution < 1.29 is 0 Å². The minimum absolute atomic E-state index is 0.143. The monoisotopic (exact) mass is 327 g/mol. The first-order chi connectivity index (χ1) is 8.58. The Labute approximate surface area is 118 Å². The van der Waals surface area contributed by atoms with Crippen LogP contribution in [-0.2, 0) is 0 Å². The van der Waals surface area contributed by atoms with Crippen LogP contribution in [0.15, 0.2) is 22.7 Å². The van der Waals surface area contributed by atoms with Gasteiger partial charge in [-0.25, -0.2) is 0 Å². The molecule has 0 aliphatic heterocycles. The van der Waals surface area contributed by atoms with Crippen molar-refractivity contribution >= 4 is 45.1 Å². The highest BCUT2D eigenvalue weighted by Crippen LogP contribution is 2.23. The topological polar surface area (TPSA) is 62.7 Å². The SMILES string of the molecule is CNc1nc(Cl)nc(Nc2cc(Br)ccc2C)n1. The second-order valence-corrected chi connectivity index (χ2v) is 4.84. The predicted octanol–water partition coefficient (Wildman–Crippen LogP) is 3.38. The Bertz CT molecular complexity index is 575. The van der Waals surface area contributed by atoms with Crippen molar-refractivity contribution in [1.29, 1.82) is 0 Å². The van der Waals surface area contributed by atoms with Crippen LogP contribution in [-0.4, -0.2) is 22.0 Å². The van der Waals surface area contributed by atoms with E-state index in [-0.39, 0.29) is 5.28 Å². The largest absolute Gasteiger partial charge is 0.357 e. The van der Waals surface area contributed by atoms with Gasteiger partial charge in [-0.15, -0.1) is 0 Å². The van der Waals surface area contributed by atoms with Crippen LogP contribution in [0, 0.1) is 6.92 Å². The van der Waals surface area contributed by atoms with Crippen LogP contribution in [0.1, 0.15) is 5.56 Å². The van der Waals surface area contributed by atoms with Crippen molar-refractivity contribution in [3.05, 3.63) is 33.5 Å². The van der Waals surface area contributed by atoms with E-state index in [4.69, 9.17) is 11.6 Å². The number of hydrogen-bond donors (Lipinski definition) is 2. The molecule has 94 valence electrons. The van der Waals surface area contributed by atoms with Gasteiger partial charge in [0.15, 0.2) is 0 Å². The lowest BCUT2D eigenvalue weighted by atomic mass is 10.2. The van der Waals surface area contributed by atoms with Crippen LogP contribution in [0.4, 0.5) is 17.6 Å². The van der Waals surface area contributed by atoms with Crippen molar-refractivity contribution in [1.82, 2.24) is 15.0 Å². The molecule has 7 heteroatoms. The molecule has 1 aromatic heterocycles. The summed E-state index contributed by atoms with van der Waals surface area (Å²) >= 11 is 9.24. The van der Waals surface area contributed by atoms with Crippen molar-refractivity contribution in [2.45, 2.75) is 6.92 Å². The average molecular weight is 329 g/mol. The number of benzene rings is 1. The molecular formula is C11H11BrClN5. The second-order valence-electron chi connectivity index (χ2n) is 3.59. The summed E-state index contributed by atoms with van der Waals surface area (Å²) in [6.07, 6.45) is 0. The summed E-state index contributed by atoms with van der Waals surface area (Å²) in [7, 11) is 1.72. The molecule has 5 nitrogen and oxygen atoms in total. The van der Waals surface area contributed by atoms with Crippen LogP contribution < -0.4 is 10.6 Å². The third-order valence-electron chi connectivity index (χ3n) is 2.28. The fraction of sp³-hybridized carbons (Fsp3) is 0.182. The van der Waals surface area contributed by atoms with Crippen molar-refractivity contribution in [2.24, 2.45) is 0 Å². The van der Waals surface area contributed by atoms with E-state index in [2.05, 4.69) is 41.5 Å². The van der Waals surface area contributed by atoms with Gasteiger partial charge in [0.25, 0.3) is 0 Å². The number of anilines is 3. The molecule has 1 heterocycles. The van der Waals surface area contributed by atoms with Gasteiger partial charge in [-0.1, -0.05) is 22.0 Å². The molecule has 0 saturated carbocycles. The van der Waals surface area contributed by atoms with Crippen molar-refractivity contribution in [3.8, 4) is 0 Å². The highest BCUT2D eigenvalue weighted by atomic mass is 79.9. The van der Waals surface area contributed by atoms with E-state index in [0.717, 1.165) is 15.7 Å². The third kappa shape index (κ3) is 3.08. The third-order valence-corrected chi connectivity index (χ3v) is 2.94. The minimum atomic E-state index is 0.143. The molecule has 0 aliphatic rings. The predicted molar refractivity (Wildman–Crippen MR) is 76.5 cm³/mol. The fourth-order valence-corrected chi connectivity index (χ4v) is 1.89. The average Bonchev–Trinajstić information content (AvgIpc) is 2.33. The van der Waals surface area contributed by atoms with E-state index in [1.54, 1.807) is 7.05 Å². The molecule has 0 atom stereocenters. The molecule has 0 saturated heterocycles. The van der Waals surface area contributed by atoms with Crippen molar-refractivity contribution in [3.63, 3.8) is 0 Å². The maximum Gasteiger partial charge on any atom is 0.233 e. The second kappa shape index (κ2) is 5.49. The molecule has 2 N–H and O–H groups in total. The van der Waals surface area contributed by atoms with Gasteiger partial charge >= 0.3 is 0 Å². The van der Waals surface area contributed by atoms with Gasteiger partial charge in [0, 0.05) is 17.2 Å². The summed E-state index contributed by atoms with van der Waals surface area (Å²) in [6.45, 7) is 2.00. The Kier molecular flexibility index (Phi) is 3.98. The van der Waals surface area contributed by atoms with Gasteiger partial charge in [-0.2, -0.15) is 15.0 Å². The van der Waals surface area contributed by atoms with Crippen LogP contribution in [0.25, 0.3) is 0 Å². The lowest BCUT2D eigenvalue weighted by molar-refractivity contribution is 1.05. The number of nitrogens with one attached hydrogen (secondary N) is 2. The normalized spacial score (nSPS) is 10.2. The zero-order valence-corrected chi connectivity index (χ0v) is 12.2. The van der Waals surface area contributed by atoms with Gasteiger partial charge in [-0.05, 0) is 36.2 Å². The van der Waals surface area contributed by atoms with E-state index < -0.39 is 0 Å². The molecule has 0 bridgehead atoms. The number of aryl methyl sites for hydroxylation is 1. The molecular weight excluding hydrogens is 318 g/mol. The van der Waals surface area contributed by atoms with E-state index >= 15 is 0 Å². The maximum atomic E-state index is 5.81. The summed E-state index contributed by atoms with van der Waals surface area (Å²) in [6, 6.07) is 5.92. The number of nitrogens with zero attached hydrogens (tertiary/aromatic N) is 3. The first-order valence-corrected chi connectivity index (χ1v) is 6.38. The maximum absolute atomic E-state index is 5.81. The van der Waals surface area contributed by atoms with Gasteiger partial charge in [0.2, 0.25) is 17.2 Å². The molecule has 0 aliphatic carbocycles. The molecule has 2 rings (SSSR count). The first kappa shape index (κ1) is 13.0. The Hall–Kier alpha value is -1.40. The minimum Gasteiger partial charge on any atom is -0.357 e. The zero-order valence-electron chi connectivity index (χ0n) is 9.83. The van der Waals surface area contributed by atoms with E-state index in [1.807, 2.05) is 25.1 Å². The molecule has 18 heavy (non-hydrogen) atoms. The molecule has 2 aromatic rings. The van der Waals surface area contributed by atoms with Crippen LogP contribution in [0.3, 0.4) is 0 Å². The smallest absolute Gasteiger partial charge is 0.233 e. The molecule has 0 spiro atoms. The van der Waals surface area contributed by atoms with Crippen molar-refractivity contribution in [2.75, 3.05) is 17.7 Å². The summed E-state index contributed by atoms with van der Waals surface area (Å²) in [5, 5.41) is 6.08. The summed E-state index contributed by atoms with van der Waals surface area (Å²) in [4.78, 5) is 12.1. The van der Waals surface area contributed by atoms with Gasteiger partial charge in [0.05, 0.1) is 0 Å². The van der Waals surface area contributed by atoms with Gasteiger partial charge in [-0.3, -0.25) is 0 Å². The number of halogens is 2.